The van der Waals surface area contributed by atoms with Crippen molar-refractivity contribution in [1.29, 1.82) is 0 Å². The van der Waals surface area contributed by atoms with E-state index in [4.69, 9.17) is 0 Å². The summed E-state index contributed by atoms with van der Waals surface area (Å²) < 4.78 is 0. The Balaban J connectivity index is 1.60. The number of fused-ring (bicyclic) bond motifs is 2. The lowest BCUT2D eigenvalue weighted by Gasteiger charge is -2.22. The van der Waals surface area contributed by atoms with Gasteiger partial charge in [-0.2, -0.15) is 0 Å². The lowest BCUT2D eigenvalue weighted by atomic mass is 9.82. The lowest BCUT2D eigenvalue weighted by Crippen LogP contribution is -2.01. The standard InChI is InChI=1S/C32H22O/c1-19(30-25-8-4-2-6-22(25)18-23-7-3-5-9-26(23)30)24-14-10-20-12-16-28-29(33)17-13-21-11-15-27(24)31(20)32(21)28/h2-19,33H,1H3. The van der Waals surface area contributed by atoms with Crippen molar-refractivity contribution in [2.75, 3.05) is 0 Å². The van der Waals surface area contributed by atoms with E-state index in [0.717, 1.165) is 10.8 Å². The van der Waals surface area contributed by atoms with Gasteiger partial charge in [-0.3, -0.25) is 0 Å². The van der Waals surface area contributed by atoms with E-state index in [1.807, 2.05) is 12.1 Å². The van der Waals surface area contributed by atoms with Crippen molar-refractivity contribution in [2.24, 2.45) is 0 Å². The summed E-state index contributed by atoms with van der Waals surface area (Å²) in [5.74, 6) is 0.551. The Morgan fingerprint density at radius 2 is 1.06 bits per heavy atom. The molecule has 0 saturated heterocycles. The Morgan fingerprint density at radius 3 is 1.76 bits per heavy atom. The SMILES string of the molecule is CC(c1c2ccccc2cc2ccccc12)c1ccc2ccc3c(O)ccc4ccc1c2c43. The Kier molecular flexibility index (Phi) is 3.75. The van der Waals surface area contributed by atoms with Crippen LogP contribution in [0.2, 0.25) is 0 Å². The smallest absolute Gasteiger partial charge is 0.123 e. The molecule has 0 spiro atoms. The molecular formula is C32H22O. The predicted octanol–water partition coefficient (Wildman–Crippen LogP) is 8.75. The zero-order valence-electron chi connectivity index (χ0n) is 18.3. The summed E-state index contributed by atoms with van der Waals surface area (Å²) in [7, 11) is 0. The molecule has 0 saturated carbocycles. The highest BCUT2D eigenvalue weighted by Crippen LogP contribution is 2.43. The van der Waals surface area contributed by atoms with E-state index < -0.39 is 0 Å². The minimum absolute atomic E-state index is 0.208. The molecule has 7 aromatic rings. The molecule has 0 aliphatic heterocycles. The van der Waals surface area contributed by atoms with Gasteiger partial charge in [-0.25, -0.2) is 0 Å². The molecule has 33 heavy (non-hydrogen) atoms. The number of phenolic OH excluding ortho intramolecular Hbond substituents is 1. The Labute approximate surface area is 191 Å². The number of aromatic hydroxyl groups is 1. The summed E-state index contributed by atoms with van der Waals surface area (Å²) in [5, 5.41) is 22.7. The van der Waals surface area contributed by atoms with Crippen LogP contribution in [0, 0.1) is 0 Å². The van der Waals surface area contributed by atoms with Crippen LogP contribution in [0.25, 0.3) is 53.9 Å². The monoisotopic (exact) mass is 422 g/mol. The van der Waals surface area contributed by atoms with Crippen molar-refractivity contribution in [3.05, 3.63) is 114 Å². The Bertz CT molecular complexity index is 1790. The predicted molar refractivity (Wildman–Crippen MR) is 141 cm³/mol. The van der Waals surface area contributed by atoms with Crippen LogP contribution in [0.1, 0.15) is 24.0 Å². The van der Waals surface area contributed by atoms with E-state index in [-0.39, 0.29) is 5.92 Å². The fourth-order valence-corrected chi connectivity index (χ4v) is 5.86. The molecule has 0 aliphatic rings. The third-order valence-electron chi connectivity index (χ3n) is 7.39. The molecule has 1 nitrogen and oxygen atoms in total. The molecule has 0 fully saturated rings. The minimum atomic E-state index is 0.208. The van der Waals surface area contributed by atoms with Crippen LogP contribution in [0.4, 0.5) is 0 Å². The number of phenols is 1. The Hall–Kier alpha value is -4.10. The topological polar surface area (TPSA) is 20.2 Å². The van der Waals surface area contributed by atoms with Crippen molar-refractivity contribution in [1.82, 2.24) is 0 Å². The van der Waals surface area contributed by atoms with Gasteiger partial charge in [0, 0.05) is 16.7 Å². The maximum Gasteiger partial charge on any atom is 0.123 e. The zero-order valence-corrected chi connectivity index (χ0v) is 18.3. The summed E-state index contributed by atoms with van der Waals surface area (Å²) in [6.07, 6.45) is 0. The van der Waals surface area contributed by atoms with Crippen molar-refractivity contribution >= 4 is 53.9 Å². The van der Waals surface area contributed by atoms with Crippen LogP contribution < -0.4 is 0 Å². The number of rotatable bonds is 2. The molecule has 156 valence electrons. The van der Waals surface area contributed by atoms with Gasteiger partial charge in [-0.15, -0.1) is 0 Å². The quantitative estimate of drug-likeness (QED) is 0.218. The van der Waals surface area contributed by atoms with Crippen LogP contribution in [0.3, 0.4) is 0 Å². The molecule has 0 aliphatic carbocycles. The minimum Gasteiger partial charge on any atom is -0.507 e. The Morgan fingerprint density at radius 1 is 0.515 bits per heavy atom. The first-order chi connectivity index (χ1) is 16.2. The van der Waals surface area contributed by atoms with Crippen LogP contribution in [-0.4, -0.2) is 5.11 Å². The van der Waals surface area contributed by atoms with Crippen LogP contribution in [-0.2, 0) is 0 Å². The van der Waals surface area contributed by atoms with E-state index in [1.54, 1.807) is 6.07 Å². The second-order valence-corrected chi connectivity index (χ2v) is 9.12. The molecule has 1 atom stereocenters. The molecule has 0 aromatic heterocycles. The largest absolute Gasteiger partial charge is 0.507 e. The van der Waals surface area contributed by atoms with Crippen LogP contribution >= 0.6 is 0 Å². The van der Waals surface area contributed by atoms with Gasteiger partial charge in [0.2, 0.25) is 0 Å². The summed E-state index contributed by atoms with van der Waals surface area (Å²) in [5.41, 5.74) is 2.70. The van der Waals surface area contributed by atoms with Gasteiger partial charge in [-0.1, -0.05) is 97.9 Å². The molecule has 0 heterocycles. The van der Waals surface area contributed by atoms with E-state index in [2.05, 4.69) is 91.9 Å². The first kappa shape index (κ1) is 18.5. The van der Waals surface area contributed by atoms with Crippen molar-refractivity contribution in [3.63, 3.8) is 0 Å². The zero-order chi connectivity index (χ0) is 22.1. The van der Waals surface area contributed by atoms with Gasteiger partial charge in [0.15, 0.2) is 0 Å². The summed E-state index contributed by atoms with van der Waals surface area (Å²) in [6.45, 7) is 2.33. The number of benzene rings is 7. The first-order valence-electron chi connectivity index (χ1n) is 11.5. The lowest BCUT2D eigenvalue weighted by molar-refractivity contribution is 0.482. The molecule has 7 rings (SSSR count). The molecule has 0 radical (unpaired) electrons. The second kappa shape index (κ2) is 6.70. The number of hydrogen-bond acceptors (Lipinski definition) is 1. The van der Waals surface area contributed by atoms with Gasteiger partial charge in [0.25, 0.3) is 0 Å². The third kappa shape index (κ3) is 2.54. The normalized spacial score (nSPS) is 13.0. The molecule has 1 N–H and O–H groups in total. The third-order valence-corrected chi connectivity index (χ3v) is 7.39. The highest BCUT2D eigenvalue weighted by atomic mass is 16.3. The van der Waals surface area contributed by atoms with Gasteiger partial charge < -0.3 is 5.11 Å². The molecule has 1 heteroatoms. The van der Waals surface area contributed by atoms with Gasteiger partial charge in [0.05, 0.1) is 0 Å². The summed E-state index contributed by atoms with van der Waals surface area (Å²) in [4.78, 5) is 0. The molecule has 7 aromatic carbocycles. The maximum absolute atomic E-state index is 10.5. The van der Waals surface area contributed by atoms with Crippen LogP contribution in [0.15, 0.2) is 103 Å². The first-order valence-corrected chi connectivity index (χ1v) is 11.5. The average Bonchev–Trinajstić information content (AvgIpc) is 2.86. The van der Waals surface area contributed by atoms with Gasteiger partial charge >= 0.3 is 0 Å². The highest BCUT2D eigenvalue weighted by molar-refractivity contribution is 6.24. The van der Waals surface area contributed by atoms with E-state index in [1.165, 1.54) is 54.2 Å². The van der Waals surface area contributed by atoms with E-state index in [9.17, 15) is 5.11 Å². The summed E-state index contributed by atoms with van der Waals surface area (Å²) >= 11 is 0. The van der Waals surface area contributed by atoms with Crippen molar-refractivity contribution < 1.29 is 5.11 Å². The fourth-order valence-electron chi connectivity index (χ4n) is 5.86. The van der Waals surface area contributed by atoms with Gasteiger partial charge in [-0.05, 0) is 66.3 Å². The fraction of sp³-hybridized carbons (Fsp3) is 0.0625. The highest BCUT2D eigenvalue weighted by Gasteiger charge is 2.20. The molecule has 1 unspecified atom stereocenters. The summed E-state index contributed by atoms with van der Waals surface area (Å²) in [6, 6.07) is 36.7. The van der Waals surface area contributed by atoms with E-state index >= 15 is 0 Å². The maximum atomic E-state index is 10.5. The van der Waals surface area contributed by atoms with Crippen molar-refractivity contribution in [3.8, 4) is 5.75 Å². The molecule has 0 amide bonds. The van der Waals surface area contributed by atoms with E-state index in [0.29, 0.717) is 5.75 Å². The number of hydrogen-bond donors (Lipinski definition) is 1. The van der Waals surface area contributed by atoms with Crippen LogP contribution in [0.5, 0.6) is 5.75 Å². The molecular weight excluding hydrogens is 400 g/mol. The second-order valence-electron chi connectivity index (χ2n) is 9.12. The van der Waals surface area contributed by atoms with Crippen molar-refractivity contribution in [2.45, 2.75) is 12.8 Å². The average molecular weight is 423 g/mol. The van der Waals surface area contributed by atoms with Gasteiger partial charge in [0.1, 0.15) is 5.75 Å². The molecule has 0 bridgehead atoms.